The van der Waals surface area contributed by atoms with E-state index in [2.05, 4.69) is 12.2 Å². The van der Waals surface area contributed by atoms with Gasteiger partial charge in [-0.25, -0.2) is 0 Å². The topological polar surface area (TPSA) is 47.6 Å². The molecule has 0 saturated carbocycles. The van der Waals surface area contributed by atoms with Gasteiger partial charge in [0.15, 0.2) is 11.5 Å². The SMILES string of the molecule is CCCOc1ccc(CNC(=O)CCC)cc1OC. The van der Waals surface area contributed by atoms with Gasteiger partial charge >= 0.3 is 0 Å². The van der Waals surface area contributed by atoms with Crippen LogP contribution in [0.5, 0.6) is 11.5 Å². The molecule has 0 fully saturated rings. The molecule has 0 aliphatic rings. The summed E-state index contributed by atoms with van der Waals surface area (Å²) in [4.78, 5) is 11.4. The van der Waals surface area contributed by atoms with Gasteiger partial charge in [0.2, 0.25) is 5.91 Å². The Morgan fingerprint density at radius 1 is 1.21 bits per heavy atom. The minimum Gasteiger partial charge on any atom is -0.493 e. The maximum Gasteiger partial charge on any atom is 0.220 e. The van der Waals surface area contributed by atoms with Crippen molar-refractivity contribution in [3.05, 3.63) is 23.8 Å². The van der Waals surface area contributed by atoms with E-state index in [1.807, 2.05) is 25.1 Å². The lowest BCUT2D eigenvalue weighted by Gasteiger charge is -2.12. The van der Waals surface area contributed by atoms with Crippen LogP contribution in [0.2, 0.25) is 0 Å². The maximum atomic E-state index is 11.4. The molecule has 0 aromatic heterocycles. The van der Waals surface area contributed by atoms with E-state index in [-0.39, 0.29) is 5.91 Å². The van der Waals surface area contributed by atoms with Crippen molar-refractivity contribution in [2.24, 2.45) is 0 Å². The van der Waals surface area contributed by atoms with Crippen molar-refractivity contribution in [1.29, 1.82) is 0 Å². The molecule has 0 aliphatic carbocycles. The van der Waals surface area contributed by atoms with Crippen molar-refractivity contribution >= 4 is 5.91 Å². The molecule has 0 heterocycles. The lowest BCUT2D eigenvalue weighted by molar-refractivity contribution is -0.121. The third kappa shape index (κ3) is 5.20. The first-order chi connectivity index (χ1) is 9.21. The number of ether oxygens (including phenoxy) is 2. The van der Waals surface area contributed by atoms with E-state index in [4.69, 9.17) is 9.47 Å². The largest absolute Gasteiger partial charge is 0.493 e. The summed E-state index contributed by atoms with van der Waals surface area (Å²) in [6.45, 7) is 5.23. The molecule has 1 N–H and O–H groups in total. The van der Waals surface area contributed by atoms with Crippen LogP contribution in [0.4, 0.5) is 0 Å². The molecule has 0 saturated heterocycles. The van der Waals surface area contributed by atoms with E-state index in [9.17, 15) is 4.79 Å². The molecule has 1 aromatic carbocycles. The second-order valence-corrected chi connectivity index (χ2v) is 4.36. The van der Waals surface area contributed by atoms with Gasteiger partial charge in [0, 0.05) is 13.0 Å². The number of amides is 1. The highest BCUT2D eigenvalue weighted by molar-refractivity contribution is 5.75. The smallest absolute Gasteiger partial charge is 0.220 e. The van der Waals surface area contributed by atoms with Gasteiger partial charge in [0.05, 0.1) is 13.7 Å². The number of carbonyl (C=O) groups is 1. The van der Waals surface area contributed by atoms with Crippen LogP contribution in [0.3, 0.4) is 0 Å². The second kappa shape index (κ2) is 8.40. The van der Waals surface area contributed by atoms with E-state index in [0.29, 0.717) is 25.3 Å². The number of hydrogen-bond acceptors (Lipinski definition) is 3. The van der Waals surface area contributed by atoms with Gasteiger partial charge in [-0.05, 0) is 30.5 Å². The maximum absolute atomic E-state index is 11.4. The first-order valence-corrected chi connectivity index (χ1v) is 6.77. The fourth-order valence-electron chi connectivity index (χ4n) is 1.67. The number of rotatable bonds is 8. The summed E-state index contributed by atoms with van der Waals surface area (Å²) < 4.78 is 10.9. The molecule has 0 aliphatic heterocycles. The molecule has 4 nitrogen and oxygen atoms in total. The monoisotopic (exact) mass is 265 g/mol. The minimum atomic E-state index is 0.0766. The zero-order valence-corrected chi connectivity index (χ0v) is 12.0. The average Bonchev–Trinajstić information content (AvgIpc) is 2.43. The first kappa shape index (κ1) is 15.3. The Bertz CT molecular complexity index is 404. The van der Waals surface area contributed by atoms with E-state index in [1.54, 1.807) is 7.11 Å². The van der Waals surface area contributed by atoms with Gasteiger partial charge in [-0.15, -0.1) is 0 Å². The van der Waals surface area contributed by atoms with Gasteiger partial charge < -0.3 is 14.8 Å². The molecule has 4 heteroatoms. The van der Waals surface area contributed by atoms with Crippen LogP contribution in [-0.4, -0.2) is 19.6 Å². The van der Waals surface area contributed by atoms with Crippen molar-refractivity contribution in [2.45, 2.75) is 39.7 Å². The highest BCUT2D eigenvalue weighted by Crippen LogP contribution is 2.28. The van der Waals surface area contributed by atoms with Gasteiger partial charge in [-0.2, -0.15) is 0 Å². The normalized spacial score (nSPS) is 10.1. The second-order valence-electron chi connectivity index (χ2n) is 4.36. The molecule has 0 bridgehead atoms. The Kier molecular flexibility index (Phi) is 6.79. The van der Waals surface area contributed by atoms with Crippen LogP contribution in [0.1, 0.15) is 38.7 Å². The van der Waals surface area contributed by atoms with Crippen LogP contribution in [0, 0.1) is 0 Å². The molecule has 0 radical (unpaired) electrons. The number of nitrogens with one attached hydrogen (secondary N) is 1. The van der Waals surface area contributed by atoms with Crippen LogP contribution in [0.25, 0.3) is 0 Å². The Hall–Kier alpha value is -1.71. The summed E-state index contributed by atoms with van der Waals surface area (Å²) in [5.41, 5.74) is 1.00. The summed E-state index contributed by atoms with van der Waals surface area (Å²) in [7, 11) is 1.62. The molecule has 1 amide bonds. The lowest BCUT2D eigenvalue weighted by atomic mass is 10.2. The highest BCUT2D eigenvalue weighted by atomic mass is 16.5. The average molecular weight is 265 g/mol. The van der Waals surface area contributed by atoms with Crippen molar-refractivity contribution in [3.8, 4) is 11.5 Å². The van der Waals surface area contributed by atoms with Crippen LogP contribution in [0.15, 0.2) is 18.2 Å². The van der Waals surface area contributed by atoms with Crippen molar-refractivity contribution in [2.75, 3.05) is 13.7 Å². The Morgan fingerprint density at radius 2 is 2.00 bits per heavy atom. The molecule has 19 heavy (non-hydrogen) atoms. The predicted molar refractivity (Wildman–Crippen MR) is 75.5 cm³/mol. The fourth-order valence-corrected chi connectivity index (χ4v) is 1.67. The third-order valence-electron chi connectivity index (χ3n) is 2.66. The molecule has 106 valence electrons. The third-order valence-corrected chi connectivity index (χ3v) is 2.66. The zero-order valence-electron chi connectivity index (χ0n) is 12.0. The molecular weight excluding hydrogens is 242 g/mol. The Balaban J connectivity index is 2.63. The van der Waals surface area contributed by atoms with E-state index in [0.717, 1.165) is 24.2 Å². The highest BCUT2D eigenvalue weighted by Gasteiger charge is 2.06. The van der Waals surface area contributed by atoms with Gasteiger partial charge in [-0.1, -0.05) is 19.9 Å². The minimum absolute atomic E-state index is 0.0766. The summed E-state index contributed by atoms with van der Waals surface area (Å²) in [6.07, 6.45) is 2.38. The van der Waals surface area contributed by atoms with Crippen LogP contribution in [-0.2, 0) is 11.3 Å². The molecular formula is C15H23NO3. The summed E-state index contributed by atoms with van der Waals surface area (Å²) in [5, 5.41) is 2.88. The number of methoxy groups -OCH3 is 1. The summed E-state index contributed by atoms with van der Waals surface area (Å²) >= 11 is 0. The number of hydrogen-bond donors (Lipinski definition) is 1. The zero-order chi connectivity index (χ0) is 14.1. The van der Waals surface area contributed by atoms with E-state index >= 15 is 0 Å². The van der Waals surface area contributed by atoms with Gasteiger partial charge in [-0.3, -0.25) is 4.79 Å². The first-order valence-electron chi connectivity index (χ1n) is 6.77. The molecule has 0 atom stereocenters. The number of carbonyl (C=O) groups excluding carboxylic acids is 1. The fraction of sp³-hybridized carbons (Fsp3) is 0.533. The van der Waals surface area contributed by atoms with E-state index < -0.39 is 0 Å². The van der Waals surface area contributed by atoms with Crippen molar-refractivity contribution in [1.82, 2.24) is 5.32 Å². The van der Waals surface area contributed by atoms with Crippen molar-refractivity contribution < 1.29 is 14.3 Å². The summed E-state index contributed by atoms with van der Waals surface area (Å²) in [5.74, 6) is 1.52. The quantitative estimate of drug-likeness (QED) is 0.786. The number of benzene rings is 1. The van der Waals surface area contributed by atoms with E-state index in [1.165, 1.54) is 0 Å². The van der Waals surface area contributed by atoms with Crippen LogP contribution < -0.4 is 14.8 Å². The molecule has 0 unspecified atom stereocenters. The molecule has 0 spiro atoms. The standard InChI is InChI=1S/C15H23NO3/c1-4-6-15(17)16-11-12-7-8-13(19-9-5-2)14(10-12)18-3/h7-8,10H,4-6,9,11H2,1-3H3,(H,16,17). The molecule has 1 aromatic rings. The lowest BCUT2D eigenvalue weighted by Crippen LogP contribution is -2.22. The predicted octanol–water partition coefficient (Wildman–Crippen LogP) is 2.90. The van der Waals surface area contributed by atoms with Gasteiger partial charge in [0.25, 0.3) is 0 Å². The molecule has 1 rings (SSSR count). The van der Waals surface area contributed by atoms with Crippen LogP contribution >= 0.6 is 0 Å². The van der Waals surface area contributed by atoms with Crippen molar-refractivity contribution in [3.63, 3.8) is 0 Å². The Morgan fingerprint density at radius 3 is 2.63 bits per heavy atom. The Labute approximate surface area is 115 Å². The van der Waals surface area contributed by atoms with Gasteiger partial charge in [0.1, 0.15) is 0 Å². The summed E-state index contributed by atoms with van der Waals surface area (Å²) in [6, 6.07) is 5.73.